The van der Waals surface area contributed by atoms with Gasteiger partial charge in [0, 0.05) is 68.8 Å². The fraction of sp³-hybridized carbons (Fsp3) is 0.632. The van der Waals surface area contributed by atoms with Crippen molar-refractivity contribution in [1.29, 1.82) is 0 Å². The first kappa shape index (κ1) is 18.7. The summed E-state index contributed by atoms with van der Waals surface area (Å²) in [5, 5.41) is 9.78. The standard InChI is InChI=1S/C19H29N3O2S/c1-20-7-9-21(10-8-20)11-16-12-22(13-17(16)14-23)19(24)15-3-5-18(25-2)6-4-15/h3-6,16-17,23H,7-14H2,1-2H3/t16-,17-/m1/s1. The highest BCUT2D eigenvalue weighted by Gasteiger charge is 2.36. The first-order chi connectivity index (χ1) is 12.1. The Balaban J connectivity index is 1.60. The van der Waals surface area contributed by atoms with E-state index in [1.807, 2.05) is 35.4 Å². The molecule has 0 aliphatic carbocycles. The summed E-state index contributed by atoms with van der Waals surface area (Å²) in [6.45, 7) is 6.91. The molecule has 1 aromatic carbocycles. The molecule has 0 radical (unpaired) electrons. The van der Waals surface area contributed by atoms with E-state index >= 15 is 0 Å². The van der Waals surface area contributed by atoms with Crippen LogP contribution in [0.3, 0.4) is 0 Å². The molecular weight excluding hydrogens is 334 g/mol. The summed E-state index contributed by atoms with van der Waals surface area (Å²) in [6.07, 6.45) is 2.03. The Labute approximate surface area is 155 Å². The van der Waals surface area contributed by atoms with Crippen LogP contribution >= 0.6 is 11.8 Å². The molecule has 6 heteroatoms. The Morgan fingerprint density at radius 2 is 1.76 bits per heavy atom. The molecule has 2 saturated heterocycles. The van der Waals surface area contributed by atoms with E-state index in [-0.39, 0.29) is 18.4 Å². The molecular formula is C19H29N3O2S. The molecule has 3 rings (SSSR count). The maximum absolute atomic E-state index is 12.8. The van der Waals surface area contributed by atoms with Crippen LogP contribution in [0.1, 0.15) is 10.4 Å². The maximum atomic E-state index is 12.8. The van der Waals surface area contributed by atoms with Gasteiger partial charge in [-0.25, -0.2) is 0 Å². The average Bonchev–Trinajstić information content (AvgIpc) is 3.06. The van der Waals surface area contributed by atoms with Gasteiger partial charge < -0.3 is 19.8 Å². The number of amides is 1. The molecule has 2 fully saturated rings. The third kappa shape index (κ3) is 4.56. The van der Waals surface area contributed by atoms with Crippen molar-refractivity contribution in [1.82, 2.24) is 14.7 Å². The van der Waals surface area contributed by atoms with Crippen LogP contribution in [-0.2, 0) is 0 Å². The predicted molar refractivity (Wildman–Crippen MR) is 102 cm³/mol. The summed E-state index contributed by atoms with van der Waals surface area (Å²) in [5.74, 6) is 0.642. The first-order valence-electron chi connectivity index (χ1n) is 9.05. The van der Waals surface area contributed by atoms with Gasteiger partial charge in [-0.2, -0.15) is 0 Å². The molecule has 1 aromatic rings. The molecule has 5 nitrogen and oxygen atoms in total. The number of hydrogen-bond donors (Lipinski definition) is 1. The molecule has 2 aliphatic heterocycles. The number of aliphatic hydroxyl groups is 1. The summed E-state index contributed by atoms with van der Waals surface area (Å²) in [6, 6.07) is 7.82. The van der Waals surface area contributed by atoms with Crippen LogP contribution in [0.5, 0.6) is 0 Å². The number of benzene rings is 1. The fourth-order valence-corrected chi connectivity index (χ4v) is 4.20. The Morgan fingerprint density at radius 1 is 1.12 bits per heavy atom. The van der Waals surface area contributed by atoms with Crippen LogP contribution in [0.15, 0.2) is 29.2 Å². The largest absolute Gasteiger partial charge is 0.396 e. The number of carbonyl (C=O) groups excluding carboxylic acids is 1. The molecule has 1 amide bonds. The number of thioether (sulfide) groups is 1. The van der Waals surface area contributed by atoms with Crippen molar-refractivity contribution in [3.8, 4) is 0 Å². The molecule has 0 spiro atoms. The third-order valence-corrected chi connectivity index (χ3v) is 6.27. The summed E-state index contributed by atoms with van der Waals surface area (Å²) in [4.78, 5) is 20.7. The second kappa shape index (κ2) is 8.54. The minimum atomic E-state index is 0.0898. The second-order valence-electron chi connectivity index (χ2n) is 7.25. The molecule has 2 aliphatic rings. The first-order valence-corrected chi connectivity index (χ1v) is 10.3. The summed E-state index contributed by atoms with van der Waals surface area (Å²) in [7, 11) is 2.16. The van der Waals surface area contributed by atoms with Gasteiger partial charge >= 0.3 is 0 Å². The van der Waals surface area contributed by atoms with Gasteiger partial charge in [0.2, 0.25) is 0 Å². The van der Waals surface area contributed by atoms with Gasteiger partial charge in [-0.15, -0.1) is 11.8 Å². The number of likely N-dealkylation sites (tertiary alicyclic amines) is 1. The van der Waals surface area contributed by atoms with Gasteiger partial charge in [0.05, 0.1) is 0 Å². The van der Waals surface area contributed by atoms with Crippen molar-refractivity contribution in [2.75, 3.05) is 65.7 Å². The lowest BCUT2D eigenvalue weighted by atomic mass is 9.96. The van der Waals surface area contributed by atoms with E-state index in [0.717, 1.165) is 44.8 Å². The second-order valence-corrected chi connectivity index (χ2v) is 8.12. The monoisotopic (exact) mass is 363 g/mol. The van der Waals surface area contributed by atoms with Crippen molar-refractivity contribution in [2.45, 2.75) is 4.90 Å². The Bertz CT molecular complexity index is 573. The Kier molecular flexibility index (Phi) is 6.39. The van der Waals surface area contributed by atoms with Crippen LogP contribution in [-0.4, -0.2) is 91.4 Å². The van der Waals surface area contributed by atoms with Gasteiger partial charge in [-0.05, 0) is 43.5 Å². The maximum Gasteiger partial charge on any atom is 0.253 e. The number of rotatable bonds is 5. The van der Waals surface area contributed by atoms with E-state index in [4.69, 9.17) is 0 Å². The van der Waals surface area contributed by atoms with E-state index in [1.165, 1.54) is 4.90 Å². The van der Waals surface area contributed by atoms with Gasteiger partial charge in [0.15, 0.2) is 0 Å². The number of nitrogens with zero attached hydrogens (tertiary/aromatic N) is 3. The molecule has 138 valence electrons. The van der Waals surface area contributed by atoms with Crippen molar-refractivity contribution in [2.24, 2.45) is 11.8 Å². The summed E-state index contributed by atoms with van der Waals surface area (Å²) in [5.41, 5.74) is 0.745. The molecule has 0 unspecified atom stereocenters. The predicted octanol–water partition coefficient (Wildman–Crippen LogP) is 1.34. The van der Waals surface area contributed by atoms with Crippen LogP contribution < -0.4 is 0 Å². The lowest BCUT2D eigenvalue weighted by Crippen LogP contribution is -2.47. The molecule has 1 N–H and O–H groups in total. The molecule has 0 aromatic heterocycles. The minimum Gasteiger partial charge on any atom is -0.396 e. The van der Waals surface area contributed by atoms with E-state index in [9.17, 15) is 9.90 Å². The number of aliphatic hydroxyl groups excluding tert-OH is 1. The molecule has 0 saturated carbocycles. The highest BCUT2D eigenvalue weighted by molar-refractivity contribution is 7.98. The number of hydrogen-bond acceptors (Lipinski definition) is 5. The Hall–Kier alpha value is -1.08. The van der Waals surface area contributed by atoms with Crippen LogP contribution in [0.2, 0.25) is 0 Å². The van der Waals surface area contributed by atoms with Gasteiger partial charge in [0.1, 0.15) is 0 Å². The zero-order valence-corrected chi connectivity index (χ0v) is 16.0. The highest BCUT2D eigenvalue weighted by Crippen LogP contribution is 2.26. The zero-order valence-electron chi connectivity index (χ0n) is 15.2. The normalized spacial score (nSPS) is 25.5. The smallest absolute Gasteiger partial charge is 0.253 e. The average molecular weight is 364 g/mol. The van der Waals surface area contributed by atoms with Crippen LogP contribution in [0, 0.1) is 11.8 Å². The van der Waals surface area contributed by atoms with Gasteiger partial charge in [-0.1, -0.05) is 0 Å². The van der Waals surface area contributed by atoms with E-state index in [2.05, 4.69) is 16.8 Å². The zero-order chi connectivity index (χ0) is 17.8. The number of carbonyl (C=O) groups is 1. The number of piperazine rings is 1. The van der Waals surface area contributed by atoms with Crippen LogP contribution in [0.25, 0.3) is 0 Å². The van der Waals surface area contributed by atoms with Crippen LogP contribution in [0.4, 0.5) is 0 Å². The molecule has 2 atom stereocenters. The van der Waals surface area contributed by atoms with E-state index in [1.54, 1.807) is 11.8 Å². The molecule has 0 bridgehead atoms. The summed E-state index contributed by atoms with van der Waals surface area (Å²) < 4.78 is 0. The van der Waals surface area contributed by atoms with Crippen molar-refractivity contribution in [3.05, 3.63) is 29.8 Å². The van der Waals surface area contributed by atoms with Crippen molar-refractivity contribution >= 4 is 17.7 Å². The lowest BCUT2D eigenvalue weighted by Gasteiger charge is -2.34. The van der Waals surface area contributed by atoms with Crippen molar-refractivity contribution < 1.29 is 9.90 Å². The van der Waals surface area contributed by atoms with E-state index in [0.29, 0.717) is 12.5 Å². The van der Waals surface area contributed by atoms with Gasteiger partial charge in [0.25, 0.3) is 5.91 Å². The highest BCUT2D eigenvalue weighted by atomic mass is 32.2. The van der Waals surface area contributed by atoms with Gasteiger partial charge in [-0.3, -0.25) is 4.79 Å². The van der Waals surface area contributed by atoms with E-state index < -0.39 is 0 Å². The fourth-order valence-electron chi connectivity index (χ4n) is 3.80. The Morgan fingerprint density at radius 3 is 2.36 bits per heavy atom. The molecule has 2 heterocycles. The summed E-state index contributed by atoms with van der Waals surface area (Å²) >= 11 is 1.68. The number of likely N-dealkylation sites (N-methyl/N-ethyl adjacent to an activating group) is 1. The third-order valence-electron chi connectivity index (χ3n) is 5.52. The molecule has 25 heavy (non-hydrogen) atoms. The quantitative estimate of drug-likeness (QED) is 0.800. The minimum absolute atomic E-state index is 0.0898. The lowest BCUT2D eigenvalue weighted by molar-refractivity contribution is 0.0777. The topological polar surface area (TPSA) is 47.0 Å². The van der Waals surface area contributed by atoms with Crippen molar-refractivity contribution in [3.63, 3.8) is 0 Å². The SMILES string of the molecule is CSc1ccc(C(=O)N2C[C@@H](CN3CCN(C)CC3)[C@@H](CO)C2)cc1.